The van der Waals surface area contributed by atoms with Crippen LogP contribution in [0.3, 0.4) is 0 Å². The van der Waals surface area contributed by atoms with Gasteiger partial charge in [-0.1, -0.05) is 0 Å². The summed E-state index contributed by atoms with van der Waals surface area (Å²) in [5.41, 5.74) is 0.636. The third-order valence-corrected chi connectivity index (χ3v) is 5.98. The minimum absolute atomic E-state index is 0.0338. The van der Waals surface area contributed by atoms with Gasteiger partial charge in [0.25, 0.3) is 0 Å². The lowest BCUT2D eigenvalue weighted by atomic mass is 9.60. The van der Waals surface area contributed by atoms with Crippen LogP contribution in [0.15, 0.2) is 24.3 Å². The van der Waals surface area contributed by atoms with E-state index in [0.29, 0.717) is 23.3 Å². The zero-order valence-electron chi connectivity index (χ0n) is 12.3. The molecule has 1 aromatic rings. The van der Waals surface area contributed by atoms with Gasteiger partial charge in [0.1, 0.15) is 5.75 Å². The molecule has 2 unspecified atom stereocenters. The Labute approximate surface area is 128 Å². The van der Waals surface area contributed by atoms with Gasteiger partial charge in [0.05, 0.1) is 36.8 Å². The minimum atomic E-state index is -0.263. The van der Waals surface area contributed by atoms with E-state index in [1.54, 1.807) is 31.4 Å². The molecule has 6 atom stereocenters. The highest BCUT2D eigenvalue weighted by atomic mass is 16.5. The molecule has 0 spiro atoms. The number of methoxy groups -OCH3 is 1. The van der Waals surface area contributed by atoms with Crippen molar-refractivity contribution in [2.45, 2.75) is 25.0 Å². The first-order valence-electron chi connectivity index (χ1n) is 7.88. The Morgan fingerprint density at radius 3 is 2.00 bits per heavy atom. The second-order valence-electron chi connectivity index (χ2n) is 6.73. The fourth-order valence-corrected chi connectivity index (χ4v) is 4.84. The Kier molecular flexibility index (Phi) is 2.36. The number of anilines is 1. The van der Waals surface area contributed by atoms with Crippen molar-refractivity contribution >= 4 is 17.5 Å². The number of nitrogens with zero attached hydrogens (tertiary/aromatic N) is 1. The number of benzene rings is 1. The molecular weight excluding hydrogens is 282 g/mol. The Balaban J connectivity index is 1.51. The average molecular weight is 299 g/mol. The second-order valence-corrected chi connectivity index (χ2v) is 6.73. The van der Waals surface area contributed by atoms with Crippen molar-refractivity contribution in [2.75, 3.05) is 12.0 Å². The van der Waals surface area contributed by atoms with Crippen molar-refractivity contribution in [1.29, 1.82) is 0 Å². The number of carbonyl (C=O) groups is 2. The van der Waals surface area contributed by atoms with Crippen LogP contribution in [0.5, 0.6) is 5.75 Å². The molecule has 3 aliphatic heterocycles. The van der Waals surface area contributed by atoms with Crippen LogP contribution >= 0.6 is 0 Å². The normalized spacial score (nSPS) is 41.4. The molecule has 5 heteroatoms. The minimum Gasteiger partial charge on any atom is -0.497 e. The summed E-state index contributed by atoms with van der Waals surface area (Å²) >= 11 is 0. The van der Waals surface area contributed by atoms with E-state index in [1.807, 2.05) is 0 Å². The predicted molar refractivity (Wildman–Crippen MR) is 77.3 cm³/mol. The molecule has 1 aromatic carbocycles. The highest BCUT2D eigenvalue weighted by Crippen LogP contribution is 2.61. The van der Waals surface area contributed by atoms with Crippen molar-refractivity contribution in [1.82, 2.24) is 0 Å². The molecule has 5 nitrogen and oxygen atoms in total. The summed E-state index contributed by atoms with van der Waals surface area (Å²) in [7, 11) is 1.59. The van der Waals surface area contributed by atoms with Crippen molar-refractivity contribution < 1.29 is 19.1 Å². The van der Waals surface area contributed by atoms with Crippen molar-refractivity contribution in [3.63, 3.8) is 0 Å². The van der Waals surface area contributed by atoms with Gasteiger partial charge < -0.3 is 9.47 Å². The van der Waals surface area contributed by atoms with Crippen molar-refractivity contribution in [3.8, 4) is 5.75 Å². The van der Waals surface area contributed by atoms with Crippen LogP contribution in [0.1, 0.15) is 12.8 Å². The van der Waals surface area contributed by atoms with Crippen LogP contribution in [-0.2, 0) is 14.3 Å². The summed E-state index contributed by atoms with van der Waals surface area (Å²) in [6, 6.07) is 7.09. The number of carbonyl (C=O) groups excluding carboxylic acids is 2. The largest absolute Gasteiger partial charge is 0.497 e. The Morgan fingerprint density at radius 1 is 1.00 bits per heavy atom. The molecule has 0 N–H and O–H groups in total. The van der Waals surface area contributed by atoms with E-state index in [4.69, 9.17) is 9.47 Å². The Morgan fingerprint density at radius 2 is 1.55 bits per heavy atom. The fourth-order valence-electron chi connectivity index (χ4n) is 4.84. The summed E-state index contributed by atoms with van der Waals surface area (Å²) in [6.45, 7) is 0. The molecule has 1 aliphatic carbocycles. The first kappa shape index (κ1) is 12.6. The van der Waals surface area contributed by atoms with Crippen LogP contribution in [-0.4, -0.2) is 31.1 Å². The van der Waals surface area contributed by atoms with E-state index < -0.39 is 0 Å². The SMILES string of the molecule is COc1ccc(N2C(=O)[C@@H]3[C@H](C2=O)[C@@H]2O[C@H]3C3CCC32)cc1. The molecule has 114 valence electrons. The lowest BCUT2D eigenvalue weighted by Gasteiger charge is -2.40. The maximum atomic E-state index is 12.8. The van der Waals surface area contributed by atoms with E-state index in [2.05, 4.69) is 0 Å². The van der Waals surface area contributed by atoms with Crippen molar-refractivity contribution in [3.05, 3.63) is 24.3 Å². The standard InChI is InChI=1S/C17H17NO4/c1-21-9-4-2-8(3-5-9)18-16(19)12-13(17(18)20)15-11-7-6-10(11)14(12)22-15/h2-5,10-15H,6-7H2,1H3/t10?,11?,12-,13+,14+,15-. The summed E-state index contributed by atoms with van der Waals surface area (Å²) in [4.78, 5) is 27.0. The molecule has 5 rings (SSSR count). The number of hydrogen-bond acceptors (Lipinski definition) is 4. The quantitative estimate of drug-likeness (QED) is 0.779. The van der Waals surface area contributed by atoms with Gasteiger partial charge in [-0.2, -0.15) is 0 Å². The van der Waals surface area contributed by atoms with Crippen LogP contribution in [0.25, 0.3) is 0 Å². The second kappa shape index (κ2) is 4.10. The van der Waals surface area contributed by atoms with E-state index in [1.165, 1.54) is 4.90 Å². The van der Waals surface area contributed by atoms with E-state index in [-0.39, 0.29) is 35.9 Å². The smallest absolute Gasteiger partial charge is 0.240 e. The monoisotopic (exact) mass is 299 g/mol. The van der Waals surface area contributed by atoms with Gasteiger partial charge in [-0.05, 0) is 48.9 Å². The highest BCUT2D eigenvalue weighted by molar-refractivity contribution is 6.22. The van der Waals surface area contributed by atoms with E-state index >= 15 is 0 Å². The molecule has 1 saturated carbocycles. The van der Waals surface area contributed by atoms with Gasteiger partial charge in [0.15, 0.2) is 0 Å². The van der Waals surface area contributed by atoms with Gasteiger partial charge >= 0.3 is 0 Å². The summed E-state index contributed by atoms with van der Waals surface area (Å²) in [5, 5.41) is 0. The number of ether oxygens (including phenoxy) is 2. The average Bonchev–Trinajstić information content (AvgIpc) is 3.05. The Bertz CT molecular complexity index is 636. The number of amides is 2. The zero-order valence-corrected chi connectivity index (χ0v) is 12.3. The molecule has 0 radical (unpaired) electrons. The molecular formula is C17H17NO4. The third-order valence-electron chi connectivity index (χ3n) is 5.98. The number of hydrogen-bond donors (Lipinski definition) is 0. The lowest BCUT2D eigenvalue weighted by molar-refractivity contribution is -0.125. The number of fused-ring (bicyclic) bond motifs is 8. The summed E-state index contributed by atoms with van der Waals surface area (Å²) < 4.78 is 11.1. The van der Waals surface area contributed by atoms with Gasteiger partial charge in [-0.3, -0.25) is 9.59 Å². The molecule has 2 bridgehead atoms. The maximum Gasteiger partial charge on any atom is 0.240 e. The molecule has 22 heavy (non-hydrogen) atoms. The fraction of sp³-hybridized carbons (Fsp3) is 0.529. The zero-order chi connectivity index (χ0) is 15.0. The molecule has 3 saturated heterocycles. The third kappa shape index (κ3) is 1.33. The molecule has 4 fully saturated rings. The van der Waals surface area contributed by atoms with Gasteiger partial charge in [-0.15, -0.1) is 0 Å². The predicted octanol–water partition coefficient (Wildman–Crippen LogP) is 1.61. The molecule has 4 aliphatic rings. The van der Waals surface area contributed by atoms with Gasteiger partial charge in [0, 0.05) is 0 Å². The van der Waals surface area contributed by atoms with Crippen LogP contribution in [0.4, 0.5) is 5.69 Å². The number of imide groups is 1. The van der Waals surface area contributed by atoms with Crippen LogP contribution < -0.4 is 9.64 Å². The molecule has 0 aromatic heterocycles. The van der Waals surface area contributed by atoms with Crippen molar-refractivity contribution in [2.24, 2.45) is 23.7 Å². The van der Waals surface area contributed by atoms with Crippen LogP contribution in [0.2, 0.25) is 0 Å². The van der Waals surface area contributed by atoms with Gasteiger partial charge in [0.2, 0.25) is 11.8 Å². The highest BCUT2D eigenvalue weighted by Gasteiger charge is 2.70. The number of rotatable bonds is 2. The first-order valence-corrected chi connectivity index (χ1v) is 7.88. The Hall–Kier alpha value is -1.88. The molecule has 2 amide bonds. The van der Waals surface area contributed by atoms with Crippen LogP contribution in [0, 0.1) is 23.7 Å². The molecule has 3 heterocycles. The maximum absolute atomic E-state index is 12.8. The topological polar surface area (TPSA) is 55.8 Å². The van der Waals surface area contributed by atoms with E-state index in [0.717, 1.165) is 12.8 Å². The van der Waals surface area contributed by atoms with Gasteiger partial charge in [-0.25, -0.2) is 4.90 Å². The van der Waals surface area contributed by atoms with E-state index in [9.17, 15) is 9.59 Å². The summed E-state index contributed by atoms with van der Waals surface area (Å²) in [5.74, 6) is 1.01. The lowest BCUT2D eigenvalue weighted by Crippen LogP contribution is -2.46. The first-order chi connectivity index (χ1) is 10.7. The summed E-state index contributed by atoms with van der Waals surface area (Å²) in [6.07, 6.45) is 2.21.